The minimum atomic E-state index is -0.317. The summed E-state index contributed by atoms with van der Waals surface area (Å²) in [6.07, 6.45) is 1.23. The van der Waals surface area contributed by atoms with Crippen LogP contribution in [0.25, 0.3) is 0 Å². The van der Waals surface area contributed by atoms with Crippen LogP contribution in [0.5, 0.6) is 0 Å². The fraction of sp³-hybridized carbons (Fsp3) is 0.643. The van der Waals surface area contributed by atoms with Crippen molar-refractivity contribution in [3.8, 4) is 0 Å². The van der Waals surface area contributed by atoms with Gasteiger partial charge in [-0.25, -0.2) is 4.39 Å². The predicted molar refractivity (Wildman–Crippen MR) is 74.2 cm³/mol. The van der Waals surface area contributed by atoms with Crippen LogP contribution in [0, 0.1) is 11.7 Å². The molecule has 2 atom stereocenters. The number of pyridine rings is 1. The molecule has 19 heavy (non-hydrogen) atoms. The first-order valence-corrected chi connectivity index (χ1v) is 6.84. The van der Waals surface area contributed by atoms with Crippen LogP contribution in [0.1, 0.15) is 18.7 Å². The Kier molecular flexibility index (Phi) is 4.85. The monoisotopic (exact) mass is 266 g/mol. The molecule has 0 saturated carbocycles. The topological polar surface area (TPSA) is 45.4 Å². The fourth-order valence-electron chi connectivity index (χ4n) is 2.43. The van der Waals surface area contributed by atoms with Gasteiger partial charge in [-0.2, -0.15) is 0 Å². The highest BCUT2D eigenvalue weighted by molar-refractivity contribution is 5.10. The first-order chi connectivity index (χ1) is 9.06. The average Bonchev–Trinajstić information content (AvgIpc) is 2.41. The molecule has 0 bridgehead atoms. The number of halogens is 1. The number of hydrogen-bond donors (Lipinski definition) is 1. The van der Waals surface area contributed by atoms with Crippen LogP contribution in [-0.2, 0) is 0 Å². The zero-order valence-corrected chi connectivity index (χ0v) is 11.7. The Morgan fingerprint density at radius 2 is 2.00 bits per heavy atom. The van der Waals surface area contributed by atoms with E-state index in [1.807, 2.05) is 0 Å². The maximum absolute atomic E-state index is 12.8. The van der Waals surface area contributed by atoms with E-state index in [-0.39, 0.29) is 11.9 Å². The molecular formula is C14H23FN4. The molecule has 0 aromatic carbocycles. The zero-order valence-electron chi connectivity index (χ0n) is 11.7. The highest BCUT2D eigenvalue weighted by Crippen LogP contribution is 2.19. The fourth-order valence-corrected chi connectivity index (χ4v) is 2.43. The minimum Gasteiger partial charge on any atom is -0.322 e. The van der Waals surface area contributed by atoms with Gasteiger partial charge in [0.1, 0.15) is 5.82 Å². The van der Waals surface area contributed by atoms with Gasteiger partial charge in [-0.1, -0.05) is 6.92 Å². The van der Waals surface area contributed by atoms with E-state index in [9.17, 15) is 4.39 Å². The van der Waals surface area contributed by atoms with Crippen molar-refractivity contribution in [2.45, 2.75) is 13.0 Å². The van der Waals surface area contributed by atoms with Gasteiger partial charge in [0, 0.05) is 32.7 Å². The maximum atomic E-state index is 12.8. The molecule has 2 rings (SSSR count). The van der Waals surface area contributed by atoms with Gasteiger partial charge in [-0.05, 0) is 25.1 Å². The second-order valence-corrected chi connectivity index (χ2v) is 5.51. The zero-order chi connectivity index (χ0) is 13.8. The number of piperazine rings is 1. The number of rotatable bonds is 4. The Labute approximate surface area is 114 Å². The summed E-state index contributed by atoms with van der Waals surface area (Å²) >= 11 is 0. The molecule has 1 aliphatic heterocycles. The van der Waals surface area contributed by atoms with Crippen LogP contribution in [0.15, 0.2) is 18.3 Å². The van der Waals surface area contributed by atoms with Gasteiger partial charge < -0.3 is 15.5 Å². The Bertz CT molecular complexity index is 387. The van der Waals surface area contributed by atoms with Crippen molar-refractivity contribution >= 4 is 0 Å². The van der Waals surface area contributed by atoms with Crippen molar-refractivity contribution in [2.75, 3.05) is 39.8 Å². The molecule has 0 aliphatic carbocycles. The lowest BCUT2D eigenvalue weighted by molar-refractivity contribution is 0.133. The van der Waals surface area contributed by atoms with E-state index < -0.39 is 0 Å². The molecule has 1 aromatic rings. The van der Waals surface area contributed by atoms with Crippen LogP contribution in [0.4, 0.5) is 4.39 Å². The molecule has 0 spiro atoms. The molecule has 2 N–H and O–H groups in total. The van der Waals surface area contributed by atoms with E-state index in [0.29, 0.717) is 5.92 Å². The number of aromatic nitrogens is 1. The summed E-state index contributed by atoms with van der Waals surface area (Å²) in [4.78, 5) is 8.85. The molecule has 4 nitrogen and oxygen atoms in total. The molecule has 0 radical (unpaired) electrons. The van der Waals surface area contributed by atoms with Gasteiger partial charge in [0.15, 0.2) is 0 Å². The predicted octanol–water partition coefficient (Wildman–Crippen LogP) is 1.10. The highest BCUT2D eigenvalue weighted by atomic mass is 19.1. The van der Waals surface area contributed by atoms with Gasteiger partial charge in [-0.15, -0.1) is 0 Å². The molecule has 5 heteroatoms. The number of nitrogens with two attached hydrogens (primary N) is 1. The van der Waals surface area contributed by atoms with Gasteiger partial charge in [0.25, 0.3) is 0 Å². The summed E-state index contributed by atoms with van der Waals surface area (Å²) in [6.45, 7) is 7.49. The molecular weight excluding hydrogens is 243 g/mol. The van der Waals surface area contributed by atoms with Crippen LogP contribution < -0.4 is 5.73 Å². The summed E-state index contributed by atoms with van der Waals surface area (Å²) in [5.74, 6) is -0.0101. The summed E-state index contributed by atoms with van der Waals surface area (Å²) < 4.78 is 12.8. The molecule has 2 heterocycles. The molecule has 1 saturated heterocycles. The first-order valence-electron chi connectivity index (χ1n) is 6.84. The van der Waals surface area contributed by atoms with E-state index in [1.54, 1.807) is 6.07 Å². The molecule has 1 aliphatic rings. The summed E-state index contributed by atoms with van der Waals surface area (Å²) in [5.41, 5.74) is 6.98. The molecule has 1 fully saturated rings. The lowest BCUT2D eigenvalue weighted by Crippen LogP contribution is -2.46. The van der Waals surface area contributed by atoms with Gasteiger partial charge in [0.05, 0.1) is 17.9 Å². The molecule has 1 aromatic heterocycles. The van der Waals surface area contributed by atoms with Gasteiger partial charge in [0.2, 0.25) is 0 Å². The Balaban J connectivity index is 1.88. The van der Waals surface area contributed by atoms with Crippen molar-refractivity contribution in [1.29, 1.82) is 0 Å². The average molecular weight is 266 g/mol. The third-order valence-corrected chi connectivity index (χ3v) is 3.85. The number of nitrogens with zero attached hydrogens (tertiary/aromatic N) is 3. The van der Waals surface area contributed by atoms with E-state index in [4.69, 9.17) is 5.73 Å². The van der Waals surface area contributed by atoms with Crippen LogP contribution in [0.3, 0.4) is 0 Å². The standard InChI is InChI=1S/C14H23FN4/c1-11(10-19-7-5-18(2)6-8-19)14(16)13-4-3-12(15)9-17-13/h3-4,9,11,14H,5-8,10,16H2,1-2H3. The second-order valence-electron chi connectivity index (χ2n) is 5.51. The lowest BCUT2D eigenvalue weighted by Gasteiger charge is -2.35. The van der Waals surface area contributed by atoms with Crippen molar-refractivity contribution in [1.82, 2.24) is 14.8 Å². The normalized spacial score (nSPS) is 21.3. The maximum Gasteiger partial charge on any atom is 0.141 e. The second kappa shape index (κ2) is 6.41. The lowest BCUT2D eigenvalue weighted by atomic mass is 9.98. The number of hydrogen-bond acceptors (Lipinski definition) is 4. The summed E-state index contributed by atoms with van der Waals surface area (Å²) in [7, 11) is 2.15. The minimum absolute atomic E-state index is 0.139. The molecule has 106 valence electrons. The Morgan fingerprint density at radius 3 is 2.58 bits per heavy atom. The van der Waals surface area contributed by atoms with E-state index in [2.05, 4.69) is 28.8 Å². The number of likely N-dealkylation sites (N-methyl/N-ethyl adjacent to an activating group) is 1. The van der Waals surface area contributed by atoms with Crippen molar-refractivity contribution in [3.63, 3.8) is 0 Å². The largest absolute Gasteiger partial charge is 0.322 e. The first kappa shape index (κ1) is 14.4. The quantitative estimate of drug-likeness (QED) is 0.886. The van der Waals surface area contributed by atoms with E-state index in [0.717, 1.165) is 38.4 Å². The van der Waals surface area contributed by atoms with E-state index in [1.165, 1.54) is 12.3 Å². The van der Waals surface area contributed by atoms with Gasteiger partial charge in [-0.3, -0.25) is 4.98 Å². The van der Waals surface area contributed by atoms with Crippen LogP contribution in [0.2, 0.25) is 0 Å². The SMILES string of the molecule is CC(CN1CCN(C)CC1)C(N)c1ccc(F)cn1. The smallest absolute Gasteiger partial charge is 0.141 e. The Hall–Kier alpha value is -1.04. The van der Waals surface area contributed by atoms with Crippen LogP contribution >= 0.6 is 0 Å². The summed E-state index contributed by atoms with van der Waals surface area (Å²) in [5, 5.41) is 0. The molecule has 0 amide bonds. The molecule has 2 unspecified atom stereocenters. The van der Waals surface area contributed by atoms with E-state index >= 15 is 0 Å². The van der Waals surface area contributed by atoms with Crippen molar-refractivity contribution in [3.05, 3.63) is 29.8 Å². The van der Waals surface area contributed by atoms with Gasteiger partial charge >= 0.3 is 0 Å². The third kappa shape index (κ3) is 3.96. The summed E-state index contributed by atoms with van der Waals surface area (Å²) in [6, 6.07) is 2.96. The van der Waals surface area contributed by atoms with Crippen molar-refractivity contribution in [2.24, 2.45) is 11.7 Å². The highest BCUT2D eigenvalue weighted by Gasteiger charge is 2.21. The van der Waals surface area contributed by atoms with Crippen molar-refractivity contribution < 1.29 is 4.39 Å². The Morgan fingerprint density at radius 1 is 1.32 bits per heavy atom. The van der Waals surface area contributed by atoms with Crippen LogP contribution in [-0.4, -0.2) is 54.6 Å². The third-order valence-electron chi connectivity index (χ3n) is 3.85.